The molecule has 2 aliphatic heterocycles. The van der Waals surface area contributed by atoms with E-state index in [1.54, 1.807) is 14.7 Å². The van der Waals surface area contributed by atoms with E-state index in [2.05, 4.69) is 15.9 Å². The molecule has 4 aromatic carbocycles. The molecule has 1 spiro atoms. The Hall–Kier alpha value is -4.13. The lowest BCUT2D eigenvalue weighted by molar-refractivity contribution is -0.150. The summed E-state index contributed by atoms with van der Waals surface area (Å²) in [5, 5.41) is 9.82. The fourth-order valence-electron chi connectivity index (χ4n) is 7.77. The average Bonchev–Trinajstić information content (AvgIpc) is 3.52. The summed E-state index contributed by atoms with van der Waals surface area (Å²) in [5.74, 6) is -0.923. The van der Waals surface area contributed by atoms with Gasteiger partial charge in [0.15, 0.2) is 13.9 Å². The molecular formula is C39H42BrN3O6Si. The van der Waals surface area contributed by atoms with E-state index in [4.69, 9.17) is 4.74 Å². The first-order chi connectivity index (χ1) is 24.0. The van der Waals surface area contributed by atoms with Crippen LogP contribution < -0.4 is 9.80 Å². The molecule has 0 bridgehead atoms. The van der Waals surface area contributed by atoms with Gasteiger partial charge >= 0.3 is 0 Å². The number of aliphatic hydroxyl groups excluding tert-OH is 1. The topological polar surface area (TPSA) is 111 Å². The summed E-state index contributed by atoms with van der Waals surface area (Å²) in [6, 6.07) is 32.1. The van der Waals surface area contributed by atoms with Crippen molar-refractivity contribution in [2.24, 2.45) is 5.92 Å². The Morgan fingerprint density at radius 1 is 0.960 bits per heavy atom. The number of fused-ring (bicyclic) bond motifs is 2. The van der Waals surface area contributed by atoms with Crippen molar-refractivity contribution in [1.29, 1.82) is 0 Å². The molecule has 1 fully saturated rings. The highest BCUT2D eigenvalue weighted by Gasteiger charge is 2.66. The molecule has 11 heteroatoms. The second kappa shape index (κ2) is 14.6. The van der Waals surface area contributed by atoms with Crippen molar-refractivity contribution in [3.8, 4) is 0 Å². The van der Waals surface area contributed by atoms with Crippen molar-refractivity contribution < 1.29 is 29.0 Å². The maximum absolute atomic E-state index is 14.9. The normalized spacial score (nSPS) is 21.4. The lowest BCUT2D eigenvalue weighted by atomic mass is 9.82. The molecule has 0 aromatic heterocycles. The zero-order valence-corrected chi connectivity index (χ0v) is 31.0. The van der Waals surface area contributed by atoms with Crippen molar-refractivity contribution >= 4 is 59.5 Å². The average molecular weight is 757 g/mol. The highest BCUT2D eigenvalue weighted by molar-refractivity contribution is 9.10. The number of benzene rings is 4. The lowest BCUT2D eigenvalue weighted by Crippen LogP contribution is -2.46. The molecule has 4 aromatic rings. The van der Waals surface area contributed by atoms with E-state index in [0.717, 1.165) is 27.7 Å². The van der Waals surface area contributed by atoms with Crippen LogP contribution in [0, 0.1) is 5.92 Å². The number of carbonyl (C=O) groups is 3. The Bertz CT molecular complexity index is 1860. The summed E-state index contributed by atoms with van der Waals surface area (Å²) in [7, 11) is -3.02. The number of nitrogens with zero attached hydrogens (tertiary/aromatic N) is 3. The van der Waals surface area contributed by atoms with E-state index in [1.165, 1.54) is 0 Å². The molecule has 3 amide bonds. The van der Waals surface area contributed by atoms with Crippen molar-refractivity contribution in [2.45, 2.75) is 56.8 Å². The first kappa shape index (κ1) is 35.7. The highest BCUT2D eigenvalue weighted by atomic mass is 79.9. The van der Waals surface area contributed by atoms with Crippen LogP contribution in [0.5, 0.6) is 0 Å². The first-order valence-electron chi connectivity index (χ1n) is 16.8. The second-order valence-corrected chi connectivity index (χ2v) is 18.5. The third-order valence-corrected chi connectivity index (χ3v) is 12.9. The SMILES string of the molecule is C[C@H]1[C@H]([Si](C)(C)O)[C@@H](CC(=O)N(CCO)Cc2ccccc2)O[C@]12C(=O)N(Cc1cccc(N(C=O)c3ccccc3)c1)c1ccc(Br)cc12. The third-order valence-electron chi connectivity index (χ3n) is 9.93. The fraction of sp³-hybridized carbons (Fsp3) is 0.308. The molecule has 0 saturated carbocycles. The van der Waals surface area contributed by atoms with Crippen LogP contribution in [0.1, 0.15) is 30.0 Å². The smallest absolute Gasteiger partial charge is 0.264 e. The Kier molecular flexibility index (Phi) is 10.4. The number of hydrogen-bond acceptors (Lipinski definition) is 6. The van der Waals surface area contributed by atoms with Gasteiger partial charge in [-0.3, -0.25) is 19.3 Å². The molecule has 2 aliphatic rings. The van der Waals surface area contributed by atoms with Crippen LogP contribution in [-0.4, -0.2) is 60.6 Å². The van der Waals surface area contributed by atoms with Crippen LogP contribution in [0.25, 0.3) is 0 Å². The zero-order valence-electron chi connectivity index (χ0n) is 28.4. The van der Waals surface area contributed by atoms with E-state index < -0.39 is 31.5 Å². The molecular weight excluding hydrogens is 714 g/mol. The standard InChI is InChI=1S/C39H42BrN3O6Si/c1-27-37(50(2,3)48)35(23-36(46)41(19-20-44)24-28-11-6-4-7-12-28)49-39(27)33-22-30(40)17-18-34(33)42(38(39)47)25-29-13-10-16-32(21-29)43(26-45)31-14-8-5-9-15-31/h4-18,21-22,26-27,35,37,44,48H,19-20,23-25H2,1-3H3/t27-,35+,37-,39+/m0/s1. The monoisotopic (exact) mass is 755 g/mol. The Morgan fingerprint density at radius 2 is 1.62 bits per heavy atom. The molecule has 2 N–H and O–H groups in total. The molecule has 6 rings (SSSR count). The van der Waals surface area contributed by atoms with Crippen LogP contribution in [0.4, 0.5) is 17.1 Å². The van der Waals surface area contributed by atoms with Gasteiger partial charge in [0.25, 0.3) is 5.91 Å². The van der Waals surface area contributed by atoms with Crippen LogP contribution in [0.2, 0.25) is 18.6 Å². The molecule has 2 heterocycles. The predicted octanol–water partition coefficient (Wildman–Crippen LogP) is 6.50. The van der Waals surface area contributed by atoms with Gasteiger partial charge < -0.3 is 24.4 Å². The molecule has 0 unspecified atom stereocenters. The van der Waals surface area contributed by atoms with Gasteiger partial charge in [-0.1, -0.05) is 83.5 Å². The number of amides is 3. The van der Waals surface area contributed by atoms with Crippen molar-refractivity contribution in [2.75, 3.05) is 23.0 Å². The third kappa shape index (κ3) is 6.80. The van der Waals surface area contributed by atoms with Gasteiger partial charge in [-0.05, 0) is 66.7 Å². The van der Waals surface area contributed by atoms with Crippen LogP contribution in [-0.2, 0) is 37.8 Å². The summed E-state index contributed by atoms with van der Waals surface area (Å²) in [6.07, 6.45) is 0.00194. The Morgan fingerprint density at radius 3 is 2.28 bits per heavy atom. The molecule has 1 saturated heterocycles. The number of hydrogen-bond donors (Lipinski definition) is 2. The molecule has 50 heavy (non-hydrogen) atoms. The van der Waals surface area contributed by atoms with Gasteiger partial charge in [0.1, 0.15) is 0 Å². The number of ether oxygens (including phenoxy) is 1. The van der Waals surface area contributed by atoms with Crippen LogP contribution >= 0.6 is 15.9 Å². The molecule has 4 atom stereocenters. The highest BCUT2D eigenvalue weighted by Crippen LogP contribution is 2.60. The Balaban J connectivity index is 1.33. The van der Waals surface area contributed by atoms with E-state index in [9.17, 15) is 24.3 Å². The second-order valence-electron chi connectivity index (χ2n) is 13.6. The van der Waals surface area contributed by atoms with Gasteiger partial charge in [0.05, 0.1) is 31.4 Å². The van der Waals surface area contributed by atoms with Gasteiger partial charge in [-0.2, -0.15) is 0 Å². The molecule has 0 radical (unpaired) electrons. The molecule has 260 valence electrons. The number of halogens is 1. The van der Waals surface area contributed by atoms with Crippen molar-refractivity contribution in [3.63, 3.8) is 0 Å². The minimum Gasteiger partial charge on any atom is -0.432 e. The summed E-state index contributed by atoms with van der Waals surface area (Å²) in [6.45, 7) is 6.12. The van der Waals surface area contributed by atoms with Crippen molar-refractivity contribution in [3.05, 3.63) is 124 Å². The number of carbonyl (C=O) groups excluding carboxylic acids is 3. The van der Waals surface area contributed by atoms with Gasteiger partial charge in [0.2, 0.25) is 12.3 Å². The fourth-order valence-corrected chi connectivity index (χ4v) is 10.7. The van der Waals surface area contributed by atoms with Crippen molar-refractivity contribution in [1.82, 2.24) is 4.90 Å². The minimum atomic E-state index is -3.02. The summed E-state index contributed by atoms with van der Waals surface area (Å²) >= 11 is 3.61. The van der Waals surface area contributed by atoms with Gasteiger partial charge in [0, 0.05) is 46.0 Å². The molecule has 9 nitrogen and oxygen atoms in total. The summed E-state index contributed by atoms with van der Waals surface area (Å²) in [4.78, 5) is 57.6. The van der Waals surface area contributed by atoms with Crippen LogP contribution in [0.3, 0.4) is 0 Å². The van der Waals surface area contributed by atoms with E-state index in [0.29, 0.717) is 23.5 Å². The quantitative estimate of drug-likeness (QED) is 0.126. The first-order valence-corrected chi connectivity index (χ1v) is 20.6. The predicted molar refractivity (Wildman–Crippen MR) is 199 cm³/mol. The number of aliphatic hydroxyl groups is 1. The van der Waals surface area contributed by atoms with E-state index in [1.807, 2.05) is 123 Å². The van der Waals surface area contributed by atoms with E-state index >= 15 is 0 Å². The number of para-hydroxylation sites is 1. The number of rotatable bonds is 12. The maximum atomic E-state index is 14.9. The van der Waals surface area contributed by atoms with Crippen LogP contribution in [0.15, 0.2) is 108 Å². The van der Waals surface area contributed by atoms with E-state index in [-0.39, 0.29) is 37.9 Å². The van der Waals surface area contributed by atoms with Gasteiger partial charge in [-0.25, -0.2) is 0 Å². The van der Waals surface area contributed by atoms with Gasteiger partial charge in [-0.15, -0.1) is 0 Å². The molecule has 0 aliphatic carbocycles. The summed E-state index contributed by atoms with van der Waals surface area (Å²) in [5.41, 5.74) is 2.66. The number of anilines is 3. The summed E-state index contributed by atoms with van der Waals surface area (Å²) < 4.78 is 7.69. The zero-order chi connectivity index (χ0) is 35.6. The Labute approximate surface area is 302 Å². The largest absolute Gasteiger partial charge is 0.432 e. The minimum absolute atomic E-state index is 0.0414. The maximum Gasteiger partial charge on any atom is 0.264 e. The lowest BCUT2D eigenvalue weighted by Gasteiger charge is -2.32.